The van der Waals surface area contributed by atoms with Gasteiger partial charge in [0.2, 0.25) is 0 Å². The van der Waals surface area contributed by atoms with E-state index in [-0.39, 0.29) is 0 Å². The van der Waals surface area contributed by atoms with Crippen molar-refractivity contribution in [3.63, 3.8) is 0 Å². The highest BCUT2D eigenvalue weighted by atomic mass is 16.2. The average molecular weight is 287 g/mol. The van der Waals surface area contributed by atoms with Crippen molar-refractivity contribution >= 4 is 17.5 Å². The summed E-state index contributed by atoms with van der Waals surface area (Å²) in [4.78, 5) is 25.0. The molecule has 2 amide bonds. The van der Waals surface area contributed by atoms with E-state index in [2.05, 4.69) is 16.7 Å². The molecule has 1 atom stereocenters. The molecule has 2 fully saturated rings. The third kappa shape index (κ3) is 3.24. The predicted octanol–water partition coefficient (Wildman–Crippen LogP) is 0.691. The molecule has 0 saturated carbocycles. The van der Waals surface area contributed by atoms with Crippen LogP contribution in [0.15, 0.2) is 24.3 Å². The van der Waals surface area contributed by atoms with E-state index in [1.807, 2.05) is 18.2 Å². The Morgan fingerprint density at radius 1 is 1.24 bits per heavy atom. The monoisotopic (exact) mass is 287 g/mol. The first-order chi connectivity index (χ1) is 10.2. The maximum atomic E-state index is 11.9. The Morgan fingerprint density at radius 3 is 2.95 bits per heavy atom. The van der Waals surface area contributed by atoms with Crippen LogP contribution in [-0.4, -0.2) is 38.0 Å². The molecule has 2 aliphatic rings. The van der Waals surface area contributed by atoms with Gasteiger partial charge in [0, 0.05) is 18.8 Å². The van der Waals surface area contributed by atoms with E-state index < -0.39 is 11.8 Å². The molecular formula is C16H21N3O2. The molecule has 112 valence electrons. The molecule has 2 N–H and O–H groups in total. The molecule has 0 aliphatic carbocycles. The molecular weight excluding hydrogens is 266 g/mol. The van der Waals surface area contributed by atoms with Gasteiger partial charge in [0.15, 0.2) is 0 Å². The molecule has 0 bridgehead atoms. The van der Waals surface area contributed by atoms with Crippen LogP contribution in [0.4, 0.5) is 5.69 Å². The SMILES string of the molecule is O=C1NCCN(c2cccc(CC3CCCNC3)c2)C1=O. The largest absolute Gasteiger partial charge is 0.346 e. The van der Waals surface area contributed by atoms with Crippen molar-refractivity contribution in [3.8, 4) is 0 Å². The summed E-state index contributed by atoms with van der Waals surface area (Å²) < 4.78 is 0. The Balaban J connectivity index is 1.73. The summed E-state index contributed by atoms with van der Waals surface area (Å²) in [5.41, 5.74) is 2.07. The minimum atomic E-state index is -0.511. The average Bonchev–Trinajstić information content (AvgIpc) is 2.51. The highest BCUT2D eigenvalue weighted by Gasteiger charge is 2.27. The van der Waals surface area contributed by atoms with Crippen LogP contribution in [0, 0.1) is 5.92 Å². The predicted molar refractivity (Wildman–Crippen MR) is 81.1 cm³/mol. The van der Waals surface area contributed by atoms with Gasteiger partial charge in [-0.15, -0.1) is 0 Å². The number of carbonyl (C=O) groups excluding carboxylic acids is 2. The topological polar surface area (TPSA) is 61.4 Å². The molecule has 2 aliphatic heterocycles. The van der Waals surface area contributed by atoms with E-state index >= 15 is 0 Å². The normalized spacial score (nSPS) is 23.0. The van der Waals surface area contributed by atoms with Crippen LogP contribution >= 0.6 is 0 Å². The van der Waals surface area contributed by atoms with Crippen LogP contribution in [0.2, 0.25) is 0 Å². The van der Waals surface area contributed by atoms with E-state index in [9.17, 15) is 9.59 Å². The quantitative estimate of drug-likeness (QED) is 0.804. The summed E-state index contributed by atoms with van der Waals surface area (Å²) in [5, 5.41) is 6.00. The van der Waals surface area contributed by atoms with E-state index in [1.165, 1.54) is 18.4 Å². The minimum absolute atomic E-state index is 0.460. The van der Waals surface area contributed by atoms with Gasteiger partial charge < -0.3 is 15.5 Å². The number of nitrogens with one attached hydrogen (secondary N) is 2. The van der Waals surface area contributed by atoms with E-state index in [1.54, 1.807) is 4.90 Å². The van der Waals surface area contributed by atoms with E-state index in [0.29, 0.717) is 19.0 Å². The van der Waals surface area contributed by atoms with E-state index in [4.69, 9.17) is 0 Å². The number of amides is 2. The molecule has 5 heteroatoms. The van der Waals surface area contributed by atoms with Crippen molar-refractivity contribution in [2.75, 3.05) is 31.1 Å². The lowest BCUT2D eigenvalue weighted by atomic mass is 9.92. The summed E-state index contributed by atoms with van der Waals surface area (Å²) in [7, 11) is 0. The second-order valence-electron chi connectivity index (χ2n) is 5.80. The molecule has 1 aromatic carbocycles. The van der Waals surface area contributed by atoms with Gasteiger partial charge >= 0.3 is 11.8 Å². The molecule has 0 aromatic heterocycles. The number of hydrogen-bond donors (Lipinski definition) is 2. The minimum Gasteiger partial charge on any atom is -0.346 e. The fourth-order valence-electron chi connectivity index (χ4n) is 3.11. The van der Waals surface area contributed by atoms with Crippen molar-refractivity contribution in [2.24, 2.45) is 5.92 Å². The molecule has 0 radical (unpaired) electrons. The lowest BCUT2D eigenvalue weighted by Crippen LogP contribution is -2.52. The third-order valence-corrected chi connectivity index (χ3v) is 4.21. The van der Waals surface area contributed by atoms with Gasteiger partial charge in [-0.2, -0.15) is 0 Å². The Kier molecular flexibility index (Phi) is 4.20. The molecule has 1 unspecified atom stereocenters. The van der Waals surface area contributed by atoms with Gasteiger partial charge in [-0.05, 0) is 56.0 Å². The van der Waals surface area contributed by atoms with Crippen molar-refractivity contribution in [2.45, 2.75) is 19.3 Å². The Hall–Kier alpha value is -1.88. The fraction of sp³-hybridized carbons (Fsp3) is 0.500. The molecule has 2 saturated heterocycles. The summed E-state index contributed by atoms with van der Waals surface area (Å²) in [5.74, 6) is -0.310. The summed E-state index contributed by atoms with van der Waals surface area (Å²) in [6.07, 6.45) is 3.51. The lowest BCUT2D eigenvalue weighted by molar-refractivity contribution is -0.138. The van der Waals surface area contributed by atoms with E-state index in [0.717, 1.165) is 25.2 Å². The Labute approximate surface area is 124 Å². The summed E-state index contributed by atoms with van der Waals surface area (Å²) in [6.45, 7) is 3.24. The number of hydrogen-bond acceptors (Lipinski definition) is 3. The van der Waals surface area contributed by atoms with Crippen LogP contribution in [0.3, 0.4) is 0 Å². The number of benzene rings is 1. The zero-order valence-electron chi connectivity index (χ0n) is 12.1. The molecule has 21 heavy (non-hydrogen) atoms. The Morgan fingerprint density at radius 2 is 2.14 bits per heavy atom. The highest BCUT2D eigenvalue weighted by molar-refractivity contribution is 6.41. The van der Waals surface area contributed by atoms with Crippen LogP contribution in [0.25, 0.3) is 0 Å². The number of piperazine rings is 1. The molecule has 3 rings (SSSR count). The standard InChI is InChI=1S/C16H21N3O2/c20-15-16(21)19(8-7-18-15)14-5-1-3-12(10-14)9-13-4-2-6-17-11-13/h1,3,5,10,13,17H,2,4,6-9,11H2,(H,18,20). The Bertz CT molecular complexity index is 538. The summed E-state index contributed by atoms with van der Waals surface area (Å²) in [6, 6.07) is 8.03. The zero-order valence-corrected chi connectivity index (χ0v) is 12.1. The molecule has 1 aromatic rings. The van der Waals surface area contributed by atoms with Gasteiger partial charge in [0.25, 0.3) is 0 Å². The second-order valence-corrected chi connectivity index (χ2v) is 5.80. The first-order valence-corrected chi connectivity index (χ1v) is 7.63. The lowest BCUT2D eigenvalue weighted by Gasteiger charge is -2.27. The van der Waals surface area contributed by atoms with Crippen LogP contribution in [0.5, 0.6) is 0 Å². The van der Waals surface area contributed by atoms with Crippen molar-refractivity contribution in [1.29, 1.82) is 0 Å². The first-order valence-electron chi connectivity index (χ1n) is 7.63. The van der Waals surface area contributed by atoms with Crippen LogP contribution < -0.4 is 15.5 Å². The molecule has 5 nitrogen and oxygen atoms in total. The summed E-state index contributed by atoms with van der Waals surface area (Å²) >= 11 is 0. The number of piperidine rings is 1. The maximum absolute atomic E-state index is 11.9. The highest BCUT2D eigenvalue weighted by Crippen LogP contribution is 2.22. The van der Waals surface area contributed by atoms with Crippen molar-refractivity contribution in [1.82, 2.24) is 10.6 Å². The molecule has 0 spiro atoms. The van der Waals surface area contributed by atoms with Gasteiger partial charge in [0.1, 0.15) is 0 Å². The third-order valence-electron chi connectivity index (χ3n) is 4.21. The number of nitrogens with zero attached hydrogens (tertiary/aromatic N) is 1. The van der Waals surface area contributed by atoms with Gasteiger partial charge in [-0.3, -0.25) is 9.59 Å². The number of carbonyl (C=O) groups is 2. The van der Waals surface area contributed by atoms with Crippen LogP contribution in [-0.2, 0) is 16.0 Å². The number of rotatable bonds is 3. The van der Waals surface area contributed by atoms with Gasteiger partial charge in [0.05, 0.1) is 0 Å². The van der Waals surface area contributed by atoms with Gasteiger partial charge in [-0.25, -0.2) is 0 Å². The number of anilines is 1. The first kappa shape index (κ1) is 14.1. The second kappa shape index (κ2) is 6.26. The van der Waals surface area contributed by atoms with Crippen molar-refractivity contribution < 1.29 is 9.59 Å². The van der Waals surface area contributed by atoms with Crippen LogP contribution in [0.1, 0.15) is 18.4 Å². The fourth-order valence-corrected chi connectivity index (χ4v) is 3.11. The zero-order chi connectivity index (χ0) is 14.7. The molecule has 2 heterocycles. The maximum Gasteiger partial charge on any atom is 0.316 e. The van der Waals surface area contributed by atoms with Crippen molar-refractivity contribution in [3.05, 3.63) is 29.8 Å². The smallest absolute Gasteiger partial charge is 0.316 e. The van der Waals surface area contributed by atoms with Gasteiger partial charge in [-0.1, -0.05) is 12.1 Å².